The van der Waals surface area contributed by atoms with E-state index in [0.717, 1.165) is 10.6 Å². The lowest BCUT2D eigenvalue weighted by Crippen LogP contribution is -2.34. The average molecular weight is 287 g/mol. The molecule has 0 heterocycles. The number of benzene rings is 2. The van der Waals surface area contributed by atoms with Gasteiger partial charge < -0.3 is 10.3 Å². The van der Waals surface area contributed by atoms with Crippen LogP contribution in [0.2, 0.25) is 0 Å². The second kappa shape index (κ2) is 6.39. The molecule has 0 spiro atoms. The molecule has 0 amide bonds. The van der Waals surface area contributed by atoms with Crippen LogP contribution in [0.15, 0.2) is 60.7 Å². The van der Waals surface area contributed by atoms with Crippen LogP contribution in [0.5, 0.6) is 0 Å². The van der Waals surface area contributed by atoms with Gasteiger partial charge in [-0.1, -0.05) is 74.5 Å². The predicted octanol–water partition coefficient (Wildman–Crippen LogP) is 2.98. The van der Waals surface area contributed by atoms with Gasteiger partial charge in [0.2, 0.25) is 0 Å². The molecule has 20 heavy (non-hydrogen) atoms. The molecule has 1 atom stereocenters. The highest BCUT2D eigenvalue weighted by Gasteiger charge is 2.30. The van der Waals surface area contributed by atoms with Crippen LogP contribution < -0.4 is 16.3 Å². The lowest BCUT2D eigenvalue weighted by molar-refractivity contribution is 0.520. The SMILES string of the molecule is CC(C)[C@H](N)CP(=O)(c1ccccc1)c1ccccc1. The van der Waals surface area contributed by atoms with Crippen LogP contribution in [-0.4, -0.2) is 12.2 Å². The average Bonchev–Trinajstić information content (AvgIpc) is 2.48. The first kappa shape index (κ1) is 15.0. The van der Waals surface area contributed by atoms with E-state index < -0.39 is 7.14 Å². The maximum Gasteiger partial charge on any atom is 0.144 e. The molecule has 0 aliphatic carbocycles. The largest absolute Gasteiger partial charge is 0.327 e. The van der Waals surface area contributed by atoms with E-state index in [1.165, 1.54) is 0 Å². The topological polar surface area (TPSA) is 43.1 Å². The molecule has 106 valence electrons. The van der Waals surface area contributed by atoms with Gasteiger partial charge in [0.1, 0.15) is 7.14 Å². The van der Waals surface area contributed by atoms with Gasteiger partial charge in [-0.2, -0.15) is 0 Å². The van der Waals surface area contributed by atoms with Gasteiger partial charge in [0.25, 0.3) is 0 Å². The van der Waals surface area contributed by atoms with Crippen molar-refractivity contribution >= 4 is 17.8 Å². The van der Waals surface area contributed by atoms with Crippen LogP contribution in [0.3, 0.4) is 0 Å². The Morgan fingerprint density at radius 3 is 1.65 bits per heavy atom. The van der Waals surface area contributed by atoms with E-state index in [-0.39, 0.29) is 6.04 Å². The zero-order valence-corrected chi connectivity index (χ0v) is 13.0. The van der Waals surface area contributed by atoms with E-state index in [1.54, 1.807) is 0 Å². The maximum absolute atomic E-state index is 13.7. The van der Waals surface area contributed by atoms with Gasteiger partial charge in [-0.3, -0.25) is 0 Å². The van der Waals surface area contributed by atoms with Crippen LogP contribution in [0.1, 0.15) is 13.8 Å². The molecule has 0 bridgehead atoms. The third-order valence-electron chi connectivity index (χ3n) is 3.67. The molecule has 0 aliphatic heterocycles. The number of hydrogen-bond donors (Lipinski definition) is 1. The smallest absolute Gasteiger partial charge is 0.144 e. The van der Waals surface area contributed by atoms with Crippen molar-refractivity contribution in [3.05, 3.63) is 60.7 Å². The van der Waals surface area contributed by atoms with Gasteiger partial charge in [-0.05, 0) is 5.92 Å². The highest BCUT2D eigenvalue weighted by atomic mass is 31.2. The first-order chi connectivity index (χ1) is 9.54. The summed E-state index contributed by atoms with van der Waals surface area (Å²) in [7, 11) is -2.66. The lowest BCUT2D eigenvalue weighted by atomic mass is 10.1. The van der Waals surface area contributed by atoms with Crippen molar-refractivity contribution in [1.29, 1.82) is 0 Å². The quantitative estimate of drug-likeness (QED) is 0.859. The number of hydrogen-bond acceptors (Lipinski definition) is 2. The van der Waals surface area contributed by atoms with E-state index in [2.05, 4.69) is 13.8 Å². The monoisotopic (exact) mass is 287 g/mol. The molecule has 3 heteroatoms. The summed E-state index contributed by atoms with van der Waals surface area (Å²) < 4.78 is 13.7. The standard InChI is InChI=1S/C17H22NOP/c1-14(2)17(18)13-20(19,15-9-5-3-6-10-15)16-11-7-4-8-12-16/h3-12,14,17H,13,18H2,1-2H3/t17-/m1/s1. The van der Waals surface area contributed by atoms with Crippen molar-refractivity contribution in [3.8, 4) is 0 Å². The molecule has 0 aromatic heterocycles. The molecule has 0 fully saturated rings. The first-order valence-corrected chi connectivity index (χ1v) is 8.89. The summed E-state index contributed by atoms with van der Waals surface area (Å²) in [5, 5.41) is 1.78. The fourth-order valence-electron chi connectivity index (χ4n) is 2.21. The molecule has 2 rings (SSSR count). The lowest BCUT2D eigenvalue weighted by Gasteiger charge is -2.24. The highest BCUT2D eigenvalue weighted by molar-refractivity contribution is 7.78. The number of nitrogens with two attached hydrogens (primary N) is 1. The van der Waals surface area contributed by atoms with Crippen molar-refractivity contribution in [2.75, 3.05) is 6.16 Å². The summed E-state index contributed by atoms with van der Waals surface area (Å²) in [6, 6.07) is 19.3. The van der Waals surface area contributed by atoms with E-state index in [1.807, 2.05) is 60.7 Å². The third kappa shape index (κ3) is 3.20. The summed E-state index contributed by atoms with van der Waals surface area (Å²) in [6.45, 7) is 4.15. The Labute approximate surface area is 121 Å². The minimum absolute atomic E-state index is 0.0683. The van der Waals surface area contributed by atoms with E-state index in [9.17, 15) is 4.57 Å². The summed E-state index contributed by atoms with van der Waals surface area (Å²) in [6.07, 6.45) is 0.513. The molecular weight excluding hydrogens is 265 g/mol. The van der Waals surface area contributed by atoms with Gasteiger partial charge >= 0.3 is 0 Å². The Hall–Kier alpha value is -1.37. The third-order valence-corrected chi connectivity index (χ3v) is 6.87. The Kier molecular flexibility index (Phi) is 4.80. The molecule has 0 radical (unpaired) electrons. The van der Waals surface area contributed by atoms with Crippen LogP contribution in [0.25, 0.3) is 0 Å². The van der Waals surface area contributed by atoms with Crippen molar-refractivity contribution in [2.24, 2.45) is 11.7 Å². The summed E-state index contributed by atoms with van der Waals surface area (Å²) in [5.41, 5.74) is 6.21. The normalized spacial score (nSPS) is 13.4. The first-order valence-electron chi connectivity index (χ1n) is 7.00. The Balaban J connectivity index is 2.47. The Morgan fingerprint density at radius 1 is 0.900 bits per heavy atom. The van der Waals surface area contributed by atoms with E-state index >= 15 is 0 Å². The van der Waals surface area contributed by atoms with Crippen molar-refractivity contribution in [3.63, 3.8) is 0 Å². The zero-order chi connectivity index (χ0) is 14.6. The molecule has 2 nitrogen and oxygen atoms in total. The predicted molar refractivity (Wildman–Crippen MR) is 87.4 cm³/mol. The second-order valence-electron chi connectivity index (χ2n) is 5.50. The molecule has 0 unspecified atom stereocenters. The van der Waals surface area contributed by atoms with Gasteiger partial charge in [-0.25, -0.2) is 0 Å². The molecule has 2 N–H and O–H groups in total. The van der Waals surface area contributed by atoms with Crippen LogP contribution in [-0.2, 0) is 4.57 Å². The molecule has 0 saturated carbocycles. The molecular formula is C17H22NOP. The van der Waals surface area contributed by atoms with Gasteiger partial charge in [-0.15, -0.1) is 0 Å². The molecule has 0 saturated heterocycles. The number of rotatable bonds is 5. The second-order valence-corrected chi connectivity index (χ2v) is 8.38. The van der Waals surface area contributed by atoms with Crippen LogP contribution in [0.4, 0.5) is 0 Å². The molecule has 2 aromatic carbocycles. The minimum atomic E-state index is -2.66. The van der Waals surface area contributed by atoms with Crippen LogP contribution >= 0.6 is 7.14 Å². The van der Waals surface area contributed by atoms with E-state index in [0.29, 0.717) is 12.1 Å². The zero-order valence-electron chi connectivity index (χ0n) is 12.1. The van der Waals surface area contributed by atoms with Crippen molar-refractivity contribution < 1.29 is 4.57 Å². The summed E-state index contributed by atoms with van der Waals surface area (Å²) >= 11 is 0. The minimum Gasteiger partial charge on any atom is -0.327 e. The van der Waals surface area contributed by atoms with Gasteiger partial charge in [0, 0.05) is 22.8 Å². The Bertz CT molecular complexity index is 537. The maximum atomic E-state index is 13.7. The van der Waals surface area contributed by atoms with E-state index in [4.69, 9.17) is 5.73 Å². The molecule has 0 aliphatic rings. The molecule has 2 aromatic rings. The fraction of sp³-hybridized carbons (Fsp3) is 0.294. The highest BCUT2D eigenvalue weighted by Crippen LogP contribution is 2.44. The van der Waals surface area contributed by atoms with Crippen LogP contribution in [0, 0.1) is 5.92 Å². The fourth-order valence-corrected chi connectivity index (χ4v) is 5.25. The summed E-state index contributed by atoms with van der Waals surface area (Å²) in [4.78, 5) is 0. The summed E-state index contributed by atoms with van der Waals surface area (Å²) in [5.74, 6) is 0.316. The van der Waals surface area contributed by atoms with Gasteiger partial charge in [0.05, 0.1) is 0 Å². The Morgan fingerprint density at radius 2 is 1.30 bits per heavy atom. The van der Waals surface area contributed by atoms with Crippen molar-refractivity contribution in [1.82, 2.24) is 0 Å². The van der Waals surface area contributed by atoms with Gasteiger partial charge in [0.15, 0.2) is 0 Å². The van der Waals surface area contributed by atoms with Crippen molar-refractivity contribution in [2.45, 2.75) is 19.9 Å².